The summed E-state index contributed by atoms with van der Waals surface area (Å²) in [7, 11) is -0.250. The minimum absolute atomic E-state index is 0. The number of rotatable bonds is 1. The summed E-state index contributed by atoms with van der Waals surface area (Å²) in [4.78, 5) is 0. The average molecular weight is 241 g/mol. The molecule has 0 fully saturated rings. The lowest BCUT2D eigenvalue weighted by Crippen LogP contribution is -2.36. The second kappa shape index (κ2) is 4.63. The quantitative estimate of drug-likeness (QED) is 0.683. The van der Waals surface area contributed by atoms with E-state index in [-0.39, 0.29) is 25.6 Å². The summed E-state index contributed by atoms with van der Waals surface area (Å²) in [5, 5.41) is 0. The van der Waals surface area contributed by atoms with Crippen molar-refractivity contribution in [2.75, 3.05) is 19.8 Å². The van der Waals surface area contributed by atoms with Gasteiger partial charge in [-0.2, -0.15) is 0 Å². The van der Waals surface area contributed by atoms with Gasteiger partial charge in [0.2, 0.25) is 0 Å². The van der Waals surface area contributed by atoms with Crippen LogP contribution in [0.4, 0.5) is 0 Å². The zero-order valence-corrected chi connectivity index (χ0v) is 9.53. The van der Waals surface area contributed by atoms with E-state index in [9.17, 15) is 0 Å². The van der Waals surface area contributed by atoms with E-state index in [1.807, 2.05) is 12.2 Å². The van der Waals surface area contributed by atoms with Gasteiger partial charge in [-0.15, -0.1) is 12.4 Å². The third-order valence-corrected chi connectivity index (χ3v) is 2.83. The Labute approximate surface area is 101 Å². The van der Waals surface area contributed by atoms with Gasteiger partial charge in [0.15, 0.2) is 0 Å². The molecule has 0 amide bonds. The molecule has 0 spiro atoms. The maximum absolute atomic E-state index is 5.68. The average Bonchev–Trinajstić information content (AvgIpc) is 2.55. The van der Waals surface area contributed by atoms with Crippen molar-refractivity contribution in [1.82, 2.24) is 0 Å². The van der Waals surface area contributed by atoms with Gasteiger partial charge in [-0.1, -0.05) is 0 Å². The fourth-order valence-corrected chi connectivity index (χ4v) is 2.10. The molecular formula is C10H13BClNO3. The second-order valence-corrected chi connectivity index (χ2v) is 3.81. The zero-order chi connectivity index (χ0) is 10.3. The van der Waals surface area contributed by atoms with E-state index >= 15 is 0 Å². The lowest BCUT2D eigenvalue weighted by atomic mass is 9.71. The van der Waals surface area contributed by atoms with Gasteiger partial charge in [-0.05, 0) is 28.8 Å². The number of hydrogen-bond acceptors (Lipinski definition) is 4. The zero-order valence-electron chi connectivity index (χ0n) is 8.72. The predicted octanol–water partition coefficient (Wildman–Crippen LogP) is 0.590. The van der Waals surface area contributed by atoms with Crippen molar-refractivity contribution in [3.05, 3.63) is 35.0 Å². The first-order chi connectivity index (χ1) is 7.38. The van der Waals surface area contributed by atoms with Gasteiger partial charge in [0.25, 0.3) is 0 Å². The van der Waals surface area contributed by atoms with Crippen LogP contribution >= 0.6 is 12.4 Å². The van der Waals surface area contributed by atoms with Crippen molar-refractivity contribution in [2.45, 2.75) is 6.10 Å². The fourth-order valence-electron chi connectivity index (χ4n) is 2.10. The number of nitrogens with two attached hydrogens (primary N) is 1. The van der Waals surface area contributed by atoms with Crippen LogP contribution in [0.1, 0.15) is 0 Å². The molecule has 3 aliphatic rings. The van der Waals surface area contributed by atoms with Gasteiger partial charge >= 0.3 is 7.12 Å². The third kappa shape index (κ3) is 1.80. The van der Waals surface area contributed by atoms with Crippen molar-refractivity contribution >= 4 is 19.5 Å². The highest BCUT2D eigenvalue weighted by Crippen LogP contribution is 2.33. The van der Waals surface area contributed by atoms with Crippen LogP contribution in [0.3, 0.4) is 0 Å². The molecule has 0 aromatic rings. The highest BCUT2D eigenvalue weighted by atomic mass is 35.5. The van der Waals surface area contributed by atoms with Gasteiger partial charge < -0.3 is 19.8 Å². The monoisotopic (exact) mass is 241 g/mol. The lowest BCUT2D eigenvalue weighted by molar-refractivity contribution is 0.183. The molecule has 3 rings (SSSR count). The van der Waals surface area contributed by atoms with Crippen LogP contribution in [0.5, 0.6) is 0 Å². The van der Waals surface area contributed by atoms with Crippen LogP contribution < -0.4 is 5.73 Å². The molecule has 0 saturated carbocycles. The topological polar surface area (TPSA) is 53.7 Å². The molecule has 2 N–H and O–H groups in total. The first-order valence-electron chi connectivity index (χ1n) is 5.08. The maximum atomic E-state index is 5.68. The number of halogens is 1. The van der Waals surface area contributed by atoms with Gasteiger partial charge in [-0.25, -0.2) is 0 Å². The highest BCUT2D eigenvalue weighted by Gasteiger charge is 2.40. The van der Waals surface area contributed by atoms with Gasteiger partial charge in [0.1, 0.15) is 6.61 Å². The molecule has 0 radical (unpaired) electrons. The Bertz CT molecular complexity index is 380. The summed E-state index contributed by atoms with van der Waals surface area (Å²) in [5.41, 5.74) is 9.04. The lowest BCUT2D eigenvalue weighted by Gasteiger charge is -2.23. The first-order valence-corrected chi connectivity index (χ1v) is 5.08. The molecule has 6 heteroatoms. The number of allylic oxidation sites excluding steroid dienone is 3. The van der Waals surface area contributed by atoms with Gasteiger partial charge in [0.05, 0.1) is 19.0 Å². The highest BCUT2D eigenvalue weighted by molar-refractivity contribution is 6.57. The Morgan fingerprint density at radius 1 is 1.44 bits per heavy atom. The second-order valence-electron chi connectivity index (χ2n) is 3.81. The molecule has 0 aromatic heterocycles. The summed E-state index contributed by atoms with van der Waals surface area (Å²) in [6.07, 6.45) is 5.65. The Balaban J connectivity index is 0.000000963. The molecule has 16 heavy (non-hydrogen) atoms. The van der Waals surface area contributed by atoms with Crippen LogP contribution in [-0.4, -0.2) is 33.0 Å². The molecule has 0 bridgehead atoms. The molecule has 1 atom stereocenters. The Hall–Kier alpha value is -0.745. The Morgan fingerprint density at radius 2 is 2.31 bits per heavy atom. The van der Waals surface area contributed by atoms with E-state index in [0.717, 1.165) is 11.0 Å². The third-order valence-electron chi connectivity index (χ3n) is 2.83. The minimum Gasteiger partial charge on any atom is -0.497 e. The molecule has 3 aliphatic heterocycles. The number of ether oxygens (including phenoxy) is 1. The van der Waals surface area contributed by atoms with Crippen molar-refractivity contribution in [3.63, 3.8) is 0 Å². The largest absolute Gasteiger partial charge is 0.497 e. The Kier molecular flexibility index (Phi) is 3.40. The van der Waals surface area contributed by atoms with E-state index < -0.39 is 0 Å². The van der Waals surface area contributed by atoms with Crippen LogP contribution in [-0.2, 0) is 14.0 Å². The van der Waals surface area contributed by atoms with Crippen molar-refractivity contribution < 1.29 is 14.0 Å². The van der Waals surface area contributed by atoms with Crippen molar-refractivity contribution in [2.24, 2.45) is 5.73 Å². The summed E-state index contributed by atoms with van der Waals surface area (Å²) in [5.74, 6) is 0. The molecule has 86 valence electrons. The Morgan fingerprint density at radius 3 is 3.12 bits per heavy atom. The molecule has 0 unspecified atom stereocenters. The summed E-state index contributed by atoms with van der Waals surface area (Å²) < 4.78 is 16.6. The van der Waals surface area contributed by atoms with Crippen molar-refractivity contribution in [3.8, 4) is 0 Å². The van der Waals surface area contributed by atoms with Gasteiger partial charge in [-0.3, -0.25) is 0 Å². The van der Waals surface area contributed by atoms with Crippen LogP contribution in [0, 0.1) is 0 Å². The van der Waals surface area contributed by atoms with Crippen LogP contribution in [0.25, 0.3) is 0 Å². The SMILES string of the molecule is Cl.NC[C@@H]1C=C2C=COCC3=C2B(OC3)O1. The molecule has 3 heterocycles. The van der Waals surface area contributed by atoms with E-state index in [1.54, 1.807) is 6.26 Å². The molecule has 4 nitrogen and oxygen atoms in total. The molecule has 0 aliphatic carbocycles. The maximum Gasteiger partial charge on any atom is 0.495 e. The summed E-state index contributed by atoms with van der Waals surface area (Å²) >= 11 is 0. The summed E-state index contributed by atoms with van der Waals surface area (Å²) in [6, 6.07) is 0. The molecule has 0 aromatic carbocycles. The smallest absolute Gasteiger partial charge is 0.495 e. The number of hydrogen-bond donors (Lipinski definition) is 1. The first kappa shape index (κ1) is 11.7. The van der Waals surface area contributed by atoms with Crippen molar-refractivity contribution in [1.29, 1.82) is 0 Å². The van der Waals surface area contributed by atoms with E-state index in [0.29, 0.717) is 19.8 Å². The van der Waals surface area contributed by atoms with E-state index in [1.165, 1.54) is 5.57 Å². The predicted molar refractivity (Wildman–Crippen MR) is 63.1 cm³/mol. The molecular weight excluding hydrogens is 228 g/mol. The normalized spacial score (nSPS) is 26.7. The fraction of sp³-hybridized carbons (Fsp3) is 0.400. The van der Waals surface area contributed by atoms with E-state index in [2.05, 4.69) is 0 Å². The molecule has 0 saturated heterocycles. The van der Waals surface area contributed by atoms with Crippen LogP contribution in [0.15, 0.2) is 35.0 Å². The van der Waals surface area contributed by atoms with Gasteiger partial charge in [0, 0.05) is 6.54 Å². The minimum atomic E-state index is -0.250. The standard InChI is InChI=1S/C10H12BNO3.ClH/c12-4-9-3-7-1-2-13-5-8-6-14-11(15-9)10(7)8;/h1-3,9H,4-6,12H2;1H/t9-;/m0./s1. The van der Waals surface area contributed by atoms with Crippen LogP contribution in [0.2, 0.25) is 0 Å². The van der Waals surface area contributed by atoms with E-state index in [4.69, 9.17) is 19.8 Å². The summed E-state index contributed by atoms with van der Waals surface area (Å²) in [6.45, 7) is 1.66.